The monoisotopic (exact) mass is 1180 g/mol. The van der Waals surface area contributed by atoms with Gasteiger partial charge in [-0.2, -0.15) is 0 Å². The van der Waals surface area contributed by atoms with Crippen LogP contribution in [-0.4, -0.2) is 52.7 Å². The van der Waals surface area contributed by atoms with Crippen molar-refractivity contribution in [2.45, 2.75) is 108 Å². The van der Waals surface area contributed by atoms with E-state index in [9.17, 15) is 4.79 Å². The number of esters is 2. The van der Waals surface area contributed by atoms with Crippen LogP contribution in [0.3, 0.4) is 0 Å². The van der Waals surface area contributed by atoms with Gasteiger partial charge in [-0.3, -0.25) is 9.69 Å². The number of hydrogen-bond donors (Lipinski definition) is 1. The highest BCUT2D eigenvalue weighted by Crippen LogP contribution is 2.86. The first-order chi connectivity index (χ1) is 44.5. The molecule has 28 aromatic carbocycles. The van der Waals surface area contributed by atoms with E-state index in [1.54, 1.807) is 75.4 Å². The van der Waals surface area contributed by atoms with Gasteiger partial charge < -0.3 is 14.8 Å². The summed E-state index contributed by atoms with van der Waals surface area (Å²) in [5.74, 6) is -0.598. The first-order valence-electron chi connectivity index (χ1n) is 34.2. The van der Waals surface area contributed by atoms with Crippen molar-refractivity contribution in [3.05, 3.63) is 22.3 Å². The van der Waals surface area contributed by atoms with Crippen molar-refractivity contribution in [1.29, 1.82) is 0 Å². The molecule has 0 radical (unpaired) electrons. The second-order valence-electron chi connectivity index (χ2n) is 31.0. The van der Waals surface area contributed by atoms with Crippen LogP contribution in [0.1, 0.15) is 113 Å². The van der Waals surface area contributed by atoms with Crippen LogP contribution in [-0.2, 0) is 29.9 Å². The molecule has 1 atom stereocenters. The van der Waals surface area contributed by atoms with Crippen LogP contribution in [0.15, 0.2) is 0 Å². The van der Waals surface area contributed by atoms with Gasteiger partial charge in [0.1, 0.15) is 17.6 Å². The molecule has 6 nitrogen and oxygen atoms in total. The summed E-state index contributed by atoms with van der Waals surface area (Å²) in [5.41, 5.74) is 3.19. The van der Waals surface area contributed by atoms with Crippen LogP contribution < -0.4 is 5.32 Å². The Morgan fingerprint density at radius 2 is 0.578 bits per heavy atom. The molecule has 5 aliphatic rings. The van der Waals surface area contributed by atoms with Crippen molar-refractivity contribution in [1.82, 2.24) is 10.2 Å². The number of carbonyl (C=O) groups is 2. The molecule has 412 valence electrons. The third-order valence-electron chi connectivity index (χ3n) is 28.9. The molecule has 4 aliphatic carbocycles. The number of rotatable bonds is 17. The average molecular weight is 1180 g/mol. The molecule has 90 heavy (non-hydrogen) atoms. The van der Waals surface area contributed by atoms with Crippen LogP contribution in [0, 0.1) is 0 Å². The van der Waals surface area contributed by atoms with E-state index in [4.69, 9.17) is 33.9 Å². The lowest BCUT2D eigenvalue weighted by molar-refractivity contribution is -0.149. The van der Waals surface area contributed by atoms with Crippen molar-refractivity contribution >= 4 is 337 Å². The summed E-state index contributed by atoms with van der Waals surface area (Å²) in [4.78, 5) is 34.3. The van der Waals surface area contributed by atoms with Crippen LogP contribution in [0.2, 0.25) is 0 Å². The molecule has 0 aromatic heterocycles. The Morgan fingerprint density at radius 1 is 0.344 bits per heavy atom. The van der Waals surface area contributed by atoms with Crippen molar-refractivity contribution < 1.29 is 19.1 Å². The molecule has 1 heterocycles. The number of likely N-dealkylation sites (tertiary alicyclic amines) is 1. The topological polar surface area (TPSA) is 67.9 Å². The second kappa shape index (κ2) is 11.1. The number of hydrogen-bond acceptors (Lipinski definition) is 6. The normalized spacial score (nSPS) is 20.9. The van der Waals surface area contributed by atoms with Gasteiger partial charge in [-0.25, -0.2) is 4.79 Å². The zero-order valence-electron chi connectivity index (χ0n) is 48.6. The van der Waals surface area contributed by atoms with E-state index in [0.29, 0.717) is 23.3 Å². The zero-order chi connectivity index (χ0) is 56.7. The number of nitrogens with one attached hydrogen (secondary N) is 1. The second-order valence-corrected chi connectivity index (χ2v) is 31.7. The molecule has 2 spiro atoms. The van der Waals surface area contributed by atoms with Crippen molar-refractivity contribution in [3.63, 3.8) is 0 Å². The molecule has 1 fully saturated rings. The highest BCUT2D eigenvalue weighted by molar-refractivity contribution is 7.82. The van der Waals surface area contributed by atoms with Gasteiger partial charge in [-0.1, -0.05) is 90.3 Å². The lowest BCUT2D eigenvalue weighted by atomic mass is 9.48. The number of benzene rings is 18. The van der Waals surface area contributed by atoms with Gasteiger partial charge in [0.25, 0.3) is 0 Å². The molecule has 1 saturated heterocycles. The zero-order valence-corrected chi connectivity index (χ0v) is 50.2. The van der Waals surface area contributed by atoms with Gasteiger partial charge in [-0.05, 0) is 338 Å². The van der Waals surface area contributed by atoms with Gasteiger partial charge in [-0.15, -0.1) is 0 Å². The minimum Gasteiger partial charge on any atom is -0.464 e. The van der Waals surface area contributed by atoms with Gasteiger partial charge in [0, 0.05) is 0 Å². The quantitative estimate of drug-likeness (QED) is 0.0419. The number of ether oxygens (including phenoxy) is 2. The van der Waals surface area contributed by atoms with Gasteiger partial charge in [0.2, 0.25) is 0 Å². The SMILES string of the molecule is CCCCCCCCOC(=O)CNC(=S)N1C(=S)C23c4c5c6c7c8c9c(c%10c%11c2c2c4c4c%12c5c5c6c6c8c8c%13c9c9c%10c%10c%11c%11c2c2c4c4c%12c%12c5c5c6c8c6c8c%13c9c9c%10c%10c%11c2c2c4c4c%12c5c6c5c8c9c%10c2c45)C73C1C(=O)OCCCCCCCC. The largest absolute Gasteiger partial charge is 0.464 e. The Morgan fingerprint density at radius 3 is 0.856 bits per heavy atom. The molecule has 0 bridgehead atoms. The molecule has 8 heteroatoms. The smallest absolute Gasteiger partial charge is 0.330 e. The van der Waals surface area contributed by atoms with Gasteiger partial charge >= 0.3 is 11.9 Å². The maximum Gasteiger partial charge on any atom is 0.330 e. The minimum absolute atomic E-state index is 0.121. The summed E-state index contributed by atoms with van der Waals surface area (Å²) >= 11 is 14.7. The van der Waals surface area contributed by atoms with E-state index >= 15 is 4.79 Å². The first-order valence-corrected chi connectivity index (χ1v) is 35.0. The fraction of sp³-hybridized carbons (Fsp3) is 0.244. The highest BCUT2D eigenvalue weighted by Gasteiger charge is 2.80. The third-order valence-corrected chi connectivity index (χ3v) is 29.8. The molecule has 1 unspecified atom stereocenters. The molecule has 1 aliphatic heterocycles. The Hall–Kier alpha value is -8.82. The summed E-state index contributed by atoms with van der Waals surface area (Å²) in [6, 6.07) is -0.986. The maximum absolute atomic E-state index is 17.3. The van der Waals surface area contributed by atoms with E-state index in [-0.39, 0.29) is 18.5 Å². The molecular formula is C82H38N2O4S2. The molecule has 28 aromatic rings. The highest BCUT2D eigenvalue weighted by atomic mass is 32.1. The summed E-state index contributed by atoms with van der Waals surface area (Å²) < 4.78 is 13.1. The standard InChI is InChI=1S/C82H38N2O4S2/c1-3-5-7-9-11-13-15-87-18(85)17-83-80(90)84-77(78(86)88-16-14-12-10-8-6-4-2)81-73-65-57-47-37-29-21-19-20-23-27-25(21)33-41-35(27)45-39-31(23)32-24(20)28-26-22(19)30(29)38-44-34(26)42-36(28)46-40(32)50-49(39)59-53(45)63-55(41)61(51(57)43(33)37)67(73)69(63)75-71(59)72-60(50)54(46)64-56(42)62-52(44)58(48(38)47)66(65)74(81)68(62)70(64)76(72)82(75,81)79(84)89/h77H,3-17H2,1-2H3,(H,83,90). The fourth-order valence-electron chi connectivity index (χ4n) is 27.6. The summed E-state index contributed by atoms with van der Waals surface area (Å²) in [6.45, 7) is 5.09. The number of unbranched alkanes of at least 4 members (excludes halogenated alkanes) is 10. The molecule has 0 saturated carbocycles. The Labute approximate surface area is 513 Å². The molecular weight excluding hydrogens is 1140 g/mol. The van der Waals surface area contributed by atoms with Gasteiger partial charge in [0.15, 0.2) is 5.11 Å². The Balaban J connectivity index is 0.844. The van der Waals surface area contributed by atoms with Crippen LogP contribution >= 0.6 is 24.4 Å². The number of thiocarbonyl (C=S) groups is 2. The van der Waals surface area contributed by atoms with E-state index in [1.165, 1.54) is 276 Å². The summed E-state index contributed by atoms with van der Waals surface area (Å²) in [5, 5.41) is 84.5. The van der Waals surface area contributed by atoms with E-state index in [1.807, 2.05) is 0 Å². The predicted molar refractivity (Wildman–Crippen MR) is 381 cm³/mol. The first kappa shape index (κ1) is 41.5. The number of carbonyl (C=O) groups excluding carboxylic acids is 2. The van der Waals surface area contributed by atoms with E-state index < -0.39 is 16.9 Å². The lowest BCUT2D eigenvalue weighted by Gasteiger charge is -2.50. The van der Waals surface area contributed by atoms with Crippen LogP contribution in [0.25, 0.3) is 291 Å². The van der Waals surface area contributed by atoms with Crippen molar-refractivity contribution in [2.75, 3.05) is 19.8 Å². The van der Waals surface area contributed by atoms with E-state index in [2.05, 4.69) is 24.1 Å². The molecule has 33 rings (SSSR count). The van der Waals surface area contributed by atoms with Crippen molar-refractivity contribution in [2.24, 2.45) is 0 Å². The van der Waals surface area contributed by atoms with Crippen molar-refractivity contribution in [3.8, 4) is 0 Å². The van der Waals surface area contributed by atoms with Crippen LogP contribution in [0.5, 0.6) is 0 Å². The minimum atomic E-state index is -1.10. The Kier molecular flexibility index (Phi) is 5.10. The summed E-state index contributed by atoms with van der Waals surface area (Å²) in [6.07, 6.45) is 13.1. The number of nitrogens with zero attached hydrogens (tertiary/aromatic N) is 1. The third kappa shape index (κ3) is 2.81. The van der Waals surface area contributed by atoms with Crippen LogP contribution in [0.4, 0.5) is 0 Å². The predicted octanol–water partition coefficient (Wildman–Crippen LogP) is 21.0. The molecule has 0 amide bonds. The average Bonchev–Trinajstić information content (AvgIpc) is 1.38. The Bertz CT molecular complexity index is 7680. The fourth-order valence-corrected chi connectivity index (χ4v) is 28.5. The summed E-state index contributed by atoms with van der Waals surface area (Å²) in [7, 11) is 0. The maximum atomic E-state index is 17.3. The lowest BCUT2D eigenvalue weighted by Crippen LogP contribution is -2.58. The molecule has 1 N–H and O–H groups in total. The van der Waals surface area contributed by atoms with E-state index in [0.717, 1.165) is 38.5 Å². The van der Waals surface area contributed by atoms with Gasteiger partial charge in [0.05, 0.1) is 24.0 Å².